The molecule has 4 nitrogen and oxygen atoms in total. The van der Waals surface area contributed by atoms with Gasteiger partial charge in [-0.15, -0.1) is 0 Å². The monoisotopic (exact) mass is 282 g/mol. The number of hydrogen-bond donors (Lipinski definition) is 2. The van der Waals surface area contributed by atoms with E-state index in [4.69, 9.17) is 10.5 Å². The summed E-state index contributed by atoms with van der Waals surface area (Å²) in [6.07, 6.45) is -0.156. The average Bonchev–Trinajstić information content (AvgIpc) is 2.30. The number of ether oxygens (including phenoxy) is 1. The highest BCUT2D eigenvalue weighted by molar-refractivity contribution is 5.81. The van der Waals surface area contributed by atoms with Gasteiger partial charge in [-0.25, -0.2) is 4.39 Å². The maximum Gasteiger partial charge on any atom is 0.261 e. The van der Waals surface area contributed by atoms with E-state index in [9.17, 15) is 9.18 Å². The predicted molar refractivity (Wildman–Crippen MR) is 77.1 cm³/mol. The second-order valence-electron chi connectivity index (χ2n) is 5.79. The molecule has 0 spiro atoms. The van der Waals surface area contributed by atoms with Crippen molar-refractivity contribution in [3.8, 4) is 5.75 Å². The van der Waals surface area contributed by atoms with Crippen molar-refractivity contribution in [2.75, 3.05) is 6.54 Å². The lowest BCUT2D eigenvalue weighted by atomic mass is 10.1. The predicted octanol–water partition coefficient (Wildman–Crippen LogP) is 2.01. The van der Waals surface area contributed by atoms with Crippen LogP contribution in [0.25, 0.3) is 0 Å². The Balaban J connectivity index is 2.79. The van der Waals surface area contributed by atoms with E-state index < -0.39 is 6.10 Å². The molecule has 0 saturated heterocycles. The molecule has 1 rings (SSSR count). The van der Waals surface area contributed by atoms with Gasteiger partial charge >= 0.3 is 0 Å². The van der Waals surface area contributed by atoms with Crippen molar-refractivity contribution in [2.45, 2.75) is 45.8 Å². The third kappa shape index (κ3) is 5.17. The largest absolute Gasteiger partial charge is 0.481 e. The molecular formula is C15H23FN2O2. The lowest BCUT2D eigenvalue weighted by Crippen LogP contribution is -2.46. The van der Waals surface area contributed by atoms with E-state index in [1.54, 1.807) is 6.92 Å². The Morgan fingerprint density at radius 3 is 2.65 bits per heavy atom. The third-order valence-corrected chi connectivity index (χ3v) is 2.61. The molecule has 3 N–H and O–H groups in total. The normalized spacial score (nSPS) is 12.9. The topological polar surface area (TPSA) is 64.3 Å². The minimum Gasteiger partial charge on any atom is -0.481 e. The Kier molecular flexibility index (Phi) is 5.51. The SMILES string of the molecule is CC(Oc1ccc(F)cc1CCN)C(=O)NC(C)(C)C. The van der Waals surface area contributed by atoms with Crippen LogP contribution in [0.5, 0.6) is 5.75 Å². The van der Waals surface area contributed by atoms with Crippen molar-refractivity contribution in [3.05, 3.63) is 29.6 Å². The number of halogens is 1. The fourth-order valence-corrected chi connectivity index (χ4v) is 1.73. The molecule has 0 aliphatic heterocycles. The van der Waals surface area contributed by atoms with Crippen LogP contribution in [-0.4, -0.2) is 24.1 Å². The number of amides is 1. The van der Waals surface area contributed by atoms with Crippen LogP contribution < -0.4 is 15.8 Å². The molecule has 1 aromatic carbocycles. The van der Waals surface area contributed by atoms with Crippen LogP contribution in [0, 0.1) is 5.82 Å². The molecule has 112 valence electrons. The first-order valence-corrected chi connectivity index (χ1v) is 6.70. The molecule has 0 fully saturated rings. The summed E-state index contributed by atoms with van der Waals surface area (Å²) in [7, 11) is 0. The Morgan fingerprint density at radius 2 is 2.10 bits per heavy atom. The van der Waals surface area contributed by atoms with Crippen LogP contribution in [0.3, 0.4) is 0 Å². The fraction of sp³-hybridized carbons (Fsp3) is 0.533. The maximum atomic E-state index is 13.2. The van der Waals surface area contributed by atoms with E-state index in [0.717, 1.165) is 0 Å². The Labute approximate surface area is 119 Å². The quantitative estimate of drug-likeness (QED) is 0.868. The van der Waals surface area contributed by atoms with E-state index in [1.165, 1.54) is 18.2 Å². The van der Waals surface area contributed by atoms with Gasteiger partial charge in [-0.3, -0.25) is 4.79 Å². The zero-order valence-electron chi connectivity index (χ0n) is 12.5. The van der Waals surface area contributed by atoms with E-state index in [2.05, 4.69) is 5.32 Å². The summed E-state index contributed by atoms with van der Waals surface area (Å²) in [5.74, 6) is -0.0541. The van der Waals surface area contributed by atoms with Gasteiger partial charge in [-0.1, -0.05) is 0 Å². The highest BCUT2D eigenvalue weighted by atomic mass is 19.1. The van der Waals surface area contributed by atoms with E-state index in [-0.39, 0.29) is 17.3 Å². The van der Waals surface area contributed by atoms with Crippen molar-refractivity contribution in [2.24, 2.45) is 5.73 Å². The number of benzene rings is 1. The van der Waals surface area contributed by atoms with Crippen LogP contribution in [-0.2, 0) is 11.2 Å². The van der Waals surface area contributed by atoms with E-state index in [1.807, 2.05) is 20.8 Å². The second kappa shape index (κ2) is 6.70. The first-order chi connectivity index (χ1) is 9.23. The molecule has 0 radical (unpaired) electrons. The van der Waals surface area contributed by atoms with Gasteiger partial charge in [0, 0.05) is 5.54 Å². The number of carbonyl (C=O) groups excluding carboxylic acids is 1. The van der Waals surface area contributed by atoms with Gasteiger partial charge in [0.05, 0.1) is 0 Å². The molecule has 0 aliphatic rings. The number of nitrogens with one attached hydrogen (secondary N) is 1. The molecule has 1 atom stereocenters. The minimum atomic E-state index is -0.656. The van der Waals surface area contributed by atoms with Crippen molar-refractivity contribution >= 4 is 5.91 Å². The highest BCUT2D eigenvalue weighted by Gasteiger charge is 2.21. The summed E-state index contributed by atoms with van der Waals surface area (Å²) in [6, 6.07) is 4.22. The Bertz CT molecular complexity index is 469. The van der Waals surface area contributed by atoms with Gasteiger partial charge in [-0.2, -0.15) is 0 Å². The minimum absolute atomic E-state index is 0.208. The van der Waals surface area contributed by atoms with Crippen molar-refractivity contribution in [1.29, 1.82) is 0 Å². The molecule has 0 bridgehead atoms. The summed E-state index contributed by atoms with van der Waals surface area (Å²) in [4.78, 5) is 12.0. The maximum absolute atomic E-state index is 13.2. The highest BCUT2D eigenvalue weighted by Crippen LogP contribution is 2.21. The second-order valence-corrected chi connectivity index (χ2v) is 5.79. The van der Waals surface area contributed by atoms with Gasteiger partial charge in [0.2, 0.25) is 0 Å². The molecule has 5 heteroatoms. The summed E-state index contributed by atoms with van der Waals surface area (Å²) >= 11 is 0. The van der Waals surface area contributed by atoms with Crippen LogP contribution in [0.1, 0.15) is 33.3 Å². The number of carbonyl (C=O) groups is 1. The van der Waals surface area contributed by atoms with Gasteiger partial charge < -0.3 is 15.8 Å². The molecule has 1 aromatic rings. The summed E-state index contributed by atoms with van der Waals surface area (Å²) in [5, 5.41) is 2.84. The van der Waals surface area contributed by atoms with Crippen LogP contribution in [0.2, 0.25) is 0 Å². The molecule has 1 unspecified atom stereocenters. The van der Waals surface area contributed by atoms with Crippen LogP contribution in [0.4, 0.5) is 4.39 Å². The first kappa shape index (κ1) is 16.4. The van der Waals surface area contributed by atoms with E-state index >= 15 is 0 Å². The lowest BCUT2D eigenvalue weighted by Gasteiger charge is -2.24. The van der Waals surface area contributed by atoms with Gasteiger partial charge in [0.25, 0.3) is 5.91 Å². The summed E-state index contributed by atoms with van der Waals surface area (Å²) in [6.45, 7) is 7.75. The number of rotatable bonds is 5. The van der Waals surface area contributed by atoms with Crippen LogP contribution >= 0.6 is 0 Å². The summed E-state index contributed by atoms with van der Waals surface area (Å²) in [5.41, 5.74) is 5.84. The molecule has 0 aromatic heterocycles. The molecule has 0 heterocycles. The van der Waals surface area contributed by atoms with Crippen molar-refractivity contribution in [3.63, 3.8) is 0 Å². The molecular weight excluding hydrogens is 259 g/mol. The number of hydrogen-bond acceptors (Lipinski definition) is 3. The van der Waals surface area contributed by atoms with Crippen molar-refractivity contribution in [1.82, 2.24) is 5.32 Å². The Hall–Kier alpha value is -1.62. The lowest BCUT2D eigenvalue weighted by molar-refractivity contribution is -0.128. The fourth-order valence-electron chi connectivity index (χ4n) is 1.73. The Morgan fingerprint density at radius 1 is 1.45 bits per heavy atom. The molecule has 0 aliphatic carbocycles. The number of nitrogens with two attached hydrogens (primary N) is 1. The summed E-state index contributed by atoms with van der Waals surface area (Å²) < 4.78 is 18.8. The average molecular weight is 282 g/mol. The van der Waals surface area contributed by atoms with E-state index in [0.29, 0.717) is 24.3 Å². The van der Waals surface area contributed by atoms with Crippen molar-refractivity contribution < 1.29 is 13.9 Å². The third-order valence-electron chi connectivity index (χ3n) is 2.61. The zero-order valence-corrected chi connectivity index (χ0v) is 12.5. The molecule has 1 amide bonds. The first-order valence-electron chi connectivity index (χ1n) is 6.70. The van der Waals surface area contributed by atoms with Gasteiger partial charge in [0.15, 0.2) is 6.10 Å². The standard InChI is InChI=1S/C15H23FN2O2/c1-10(14(19)18-15(2,3)4)20-13-6-5-12(16)9-11(13)7-8-17/h5-6,9-10H,7-8,17H2,1-4H3,(H,18,19). The molecule has 0 saturated carbocycles. The smallest absolute Gasteiger partial charge is 0.261 e. The van der Waals surface area contributed by atoms with Gasteiger partial charge in [-0.05, 0) is 64.4 Å². The van der Waals surface area contributed by atoms with Crippen LogP contribution in [0.15, 0.2) is 18.2 Å². The zero-order chi connectivity index (χ0) is 15.3. The van der Waals surface area contributed by atoms with Gasteiger partial charge in [0.1, 0.15) is 11.6 Å². The molecule has 20 heavy (non-hydrogen) atoms.